The molecule has 1 aliphatic carbocycles. The van der Waals surface area contributed by atoms with Gasteiger partial charge in [0.15, 0.2) is 0 Å². The lowest BCUT2D eigenvalue weighted by molar-refractivity contribution is 0.0405. The minimum Gasteiger partial charge on any atom is -0.391 e. The maximum atomic E-state index is 13.7. The maximum absolute atomic E-state index is 13.7. The summed E-state index contributed by atoms with van der Waals surface area (Å²) in [6, 6.07) is 4.01. The highest BCUT2D eigenvalue weighted by atomic mass is 35.5. The summed E-state index contributed by atoms with van der Waals surface area (Å²) in [5, 5.41) is 10.0. The Kier molecular flexibility index (Phi) is 3.47. The van der Waals surface area contributed by atoms with Crippen LogP contribution in [0.1, 0.15) is 30.9 Å². The lowest BCUT2D eigenvalue weighted by atomic mass is 9.77. The summed E-state index contributed by atoms with van der Waals surface area (Å²) in [7, 11) is 0. The van der Waals surface area contributed by atoms with Gasteiger partial charge in [-0.05, 0) is 24.8 Å². The molecule has 0 amide bonds. The molecule has 1 aromatic rings. The SMILES string of the molecule is N[C@@H](c1cccc(Cl)c1F)[C@H](O)C1CCC1. The Morgan fingerprint density at radius 1 is 1.44 bits per heavy atom. The summed E-state index contributed by atoms with van der Waals surface area (Å²) in [4.78, 5) is 0. The summed E-state index contributed by atoms with van der Waals surface area (Å²) in [5.74, 6) is -0.316. The zero-order valence-electron chi connectivity index (χ0n) is 8.87. The van der Waals surface area contributed by atoms with Crippen LogP contribution in [0.4, 0.5) is 4.39 Å². The molecule has 0 saturated heterocycles. The number of hydrogen-bond donors (Lipinski definition) is 2. The molecule has 0 radical (unpaired) electrons. The maximum Gasteiger partial charge on any atom is 0.146 e. The Bertz CT molecular complexity index is 381. The smallest absolute Gasteiger partial charge is 0.146 e. The minimum atomic E-state index is -0.691. The Morgan fingerprint density at radius 3 is 2.69 bits per heavy atom. The van der Waals surface area contributed by atoms with E-state index in [1.807, 2.05) is 0 Å². The molecule has 2 nitrogen and oxygen atoms in total. The number of aliphatic hydroxyl groups excluding tert-OH is 1. The third-order valence-electron chi connectivity index (χ3n) is 3.34. The standard InChI is InChI=1S/C12H15ClFNO/c13-9-6-2-5-8(10(9)14)11(15)12(16)7-3-1-4-7/h2,5-7,11-12,16H,1,3-4,15H2/t11-,12+/m0/s1. The summed E-state index contributed by atoms with van der Waals surface area (Å²) >= 11 is 5.68. The lowest BCUT2D eigenvalue weighted by Crippen LogP contribution is -2.36. The third-order valence-corrected chi connectivity index (χ3v) is 3.63. The van der Waals surface area contributed by atoms with Gasteiger partial charge in [-0.2, -0.15) is 0 Å². The number of nitrogens with two attached hydrogens (primary N) is 1. The van der Waals surface area contributed by atoms with Gasteiger partial charge in [0.05, 0.1) is 17.2 Å². The van der Waals surface area contributed by atoms with Crippen molar-refractivity contribution < 1.29 is 9.50 Å². The molecule has 0 aliphatic heterocycles. The average molecular weight is 244 g/mol. The van der Waals surface area contributed by atoms with Gasteiger partial charge in [0, 0.05) is 5.56 Å². The zero-order chi connectivity index (χ0) is 11.7. The van der Waals surface area contributed by atoms with E-state index in [-0.39, 0.29) is 10.9 Å². The fourth-order valence-electron chi connectivity index (χ4n) is 2.04. The lowest BCUT2D eigenvalue weighted by Gasteiger charge is -2.33. The van der Waals surface area contributed by atoms with E-state index < -0.39 is 18.0 Å². The Morgan fingerprint density at radius 2 is 2.12 bits per heavy atom. The quantitative estimate of drug-likeness (QED) is 0.857. The predicted molar refractivity (Wildman–Crippen MR) is 61.7 cm³/mol. The van der Waals surface area contributed by atoms with Crippen LogP contribution < -0.4 is 5.73 Å². The van der Waals surface area contributed by atoms with E-state index >= 15 is 0 Å². The van der Waals surface area contributed by atoms with Crippen LogP contribution in [-0.2, 0) is 0 Å². The van der Waals surface area contributed by atoms with Gasteiger partial charge in [0.1, 0.15) is 5.82 Å². The Hall–Kier alpha value is -0.640. The van der Waals surface area contributed by atoms with Crippen molar-refractivity contribution in [2.75, 3.05) is 0 Å². The van der Waals surface area contributed by atoms with E-state index in [0.29, 0.717) is 5.56 Å². The highest BCUT2D eigenvalue weighted by Gasteiger charge is 2.32. The zero-order valence-corrected chi connectivity index (χ0v) is 9.62. The van der Waals surface area contributed by atoms with E-state index in [0.717, 1.165) is 19.3 Å². The molecule has 0 spiro atoms. The van der Waals surface area contributed by atoms with Crippen molar-refractivity contribution in [2.45, 2.75) is 31.4 Å². The fourth-order valence-corrected chi connectivity index (χ4v) is 2.22. The van der Waals surface area contributed by atoms with Crippen LogP contribution in [0, 0.1) is 11.7 Å². The van der Waals surface area contributed by atoms with Crippen LogP contribution in [-0.4, -0.2) is 11.2 Å². The van der Waals surface area contributed by atoms with Crippen molar-refractivity contribution in [1.29, 1.82) is 0 Å². The molecule has 88 valence electrons. The highest BCUT2D eigenvalue weighted by Crippen LogP contribution is 2.35. The number of halogens is 2. The second kappa shape index (κ2) is 4.70. The van der Waals surface area contributed by atoms with Gasteiger partial charge in [0.25, 0.3) is 0 Å². The molecule has 1 fully saturated rings. The third kappa shape index (κ3) is 2.08. The van der Waals surface area contributed by atoms with Crippen molar-refractivity contribution in [1.82, 2.24) is 0 Å². The molecule has 16 heavy (non-hydrogen) atoms. The normalized spacial score (nSPS) is 20.2. The second-order valence-electron chi connectivity index (χ2n) is 4.35. The van der Waals surface area contributed by atoms with Gasteiger partial charge in [-0.1, -0.05) is 30.2 Å². The fraction of sp³-hybridized carbons (Fsp3) is 0.500. The molecule has 3 N–H and O–H groups in total. The number of hydrogen-bond acceptors (Lipinski definition) is 2. The molecular formula is C12H15ClFNO. The number of rotatable bonds is 3. The first-order chi connectivity index (χ1) is 7.61. The van der Waals surface area contributed by atoms with E-state index in [4.69, 9.17) is 17.3 Å². The molecule has 1 aliphatic rings. The van der Waals surface area contributed by atoms with Crippen LogP contribution in [0.15, 0.2) is 18.2 Å². The first kappa shape index (κ1) is 11.8. The average Bonchev–Trinajstić information content (AvgIpc) is 2.18. The van der Waals surface area contributed by atoms with E-state index in [2.05, 4.69) is 0 Å². The molecule has 0 unspecified atom stereocenters. The van der Waals surface area contributed by atoms with Crippen molar-refractivity contribution in [3.8, 4) is 0 Å². The monoisotopic (exact) mass is 243 g/mol. The molecule has 0 heterocycles. The van der Waals surface area contributed by atoms with Gasteiger partial charge in [0.2, 0.25) is 0 Å². The number of aliphatic hydroxyl groups is 1. The van der Waals surface area contributed by atoms with Crippen LogP contribution in [0.25, 0.3) is 0 Å². The topological polar surface area (TPSA) is 46.2 Å². The van der Waals surface area contributed by atoms with Gasteiger partial charge < -0.3 is 10.8 Å². The Labute approximate surface area is 99.2 Å². The summed E-state index contributed by atoms with van der Waals surface area (Å²) in [6.45, 7) is 0. The van der Waals surface area contributed by atoms with Gasteiger partial charge in [-0.3, -0.25) is 0 Å². The van der Waals surface area contributed by atoms with Crippen LogP contribution >= 0.6 is 11.6 Å². The van der Waals surface area contributed by atoms with Crippen molar-refractivity contribution in [3.63, 3.8) is 0 Å². The Balaban J connectivity index is 2.19. The highest BCUT2D eigenvalue weighted by molar-refractivity contribution is 6.30. The van der Waals surface area contributed by atoms with Crippen molar-refractivity contribution in [2.24, 2.45) is 11.7 Å². The first-order valence-electron chi connectivity index (χ1n) is 5.49. The molecule has 4 heteroatoms. The summed E-state index contributed by atoms with van der Waals surface area (Å²) in [6.07, 6.45) is 2.38. The van der Waals surface area contributed by atoms with Crippen molar-refractivity contribution in [3.05, 3.63) is 34.6 Å². The summed E-state index contributed by atoms with van der Waals surface area (Å²) in [5.41, 5.74) is 6.17. The molecule has 2 atom stereocenters. The van der Waals surface area contributed by atoms with Gasteiger partial charge in [-0.15, -0.1) is 0 Å². The molecule has 0 bridgehead atoms. The number of benzene rings is 1. The van der Waals surface area contributed by atoms with E-state index in [9.17, 15) is 9.50 Å². The first-order valence-corrected chi connectivity index (χ1v) is 5.86. The summed E-state index contributed by atoms with van der Waals surface area (Å²) < 4.78 is 13.7. The molecule has 1 saturated carbocycles. The predicted octanol–water partition coefficient (Wildman–Crippen LogP) is 2.64. The molecular weight excluding hydrogens is 229 g/mol. The van der Waals surface area contributed by atoms with Crippen LogP contribution in [0.2, 0.25) is 5.02 Å². The van der Waals surface area contributed by atoms with Crippen molar-refractivity contribution >= 4 is 11.6 Å². The second-order valence-corrected chi connectivity index (χ2v) is 4.76. The largest absolute Gasteiger partial charge is 0.391 e. The molecule has 0 aromatic heterocycles. The van der Waals surface area contributed by atoms with Gasteiger partial charge >= 0.3 is 0 Å². The molecule has 2 rings (SSSR count). The van der Waals surface area contributed by atoms with E-state index in [1.54, 1.807) is 12.1 Å². The molecule has 1 aromatic carbocycles. The van der Waals surface area contributed by atoms with Crippen LogP contribution in [0.5, 0.6) is 0 Å². The van der Waals surface area contributed by atoms with Gasteiger partial charge in [-0.25, -0.2) is 4.39 Å². The van der Waals surface area contributed by atoms with Crippen LogP contribution in [0.3, 0.4) is 0 Å². The minimum absolute atomic E-state index is 0.0498. The van der Waals surface area contributed by atoms with E-state index in [1.165, 1.54) is 6.07 Å².